The van der Waals surface area contributed by atoms with Crippen LogP contribution in [-0.4, -0.2) is 9.97 Å². The van der Waals surface area contributed by atoms with Crippen LogP contribution in [0.5, 0.6) is 0 Å². The second kappa shape index (κ2) is 5.61. The fourth-order valence-electron chi connectivity index (χ4n) is 2.18. The first-order valence-corrected chi connectivity index (χ1v) is 7.76. The fraction of sp³-hybridized carbons (Fsp3) is 0.333. The highest BCUT2D eigenvalue weighted by atomic mass is 79.9. The number of halogens is 1. The molecule has 21 heavy (non-hydrogen) atoms. The third kappa shape index (κ3) is 3.01. The van der Waals surface area contributed by atoms with Crippen molar-refractivity contribution in [3.8, 4) is 0 Å². The molecule has 6 heteroatoms. The van der Waals surface area contributed by atoms with E-state index in [0.29, 0.717) is 11.7 Å². The number of hydrogen-bond acceptors (Lipinski definition) is 5. The second-order valence-electron chi connectivity index (χ2n) is 5.41. The van der Waals surface area contributed by atoms with Gasteiger partial charge in [0.25, 0.3) is 0 Å². The van der Waals surface area contributed by atoms with Crippen molar-refractivity contribution in [2.75, 3.05) is 10.7 Å². The summed E-state index contributed by atoms with van der Waals surface area (Å²) in [4.78, 5) is 9.17. The van der Waals surface area contributed by atoms with Crippen LogP contribution in [0.25, 0.3) is 0 Å². The Bertz CT molecular complexity index is 682. The van der Waals surface area contributed by atoms with Gasteiger partial charge in [-0.2, -0.15) is 0 Å². The maximum atomic E-state index is 5.58. The maximum absolute atomic E-state index is 5.58. The molecule has 1 aromatic heterocycles. The molecule has 0 radical (unpaired) electrons. The predicted octanol–water partition coefficient (Wildman–Crippen LogP) is 3.76. The number of nitrogens with one attached hydrogen (secondary N) is 2. The van der Waals surface area contributed by atoms with E-state index in [2.05, 4.69) is 49.6 Å². The Hall–Kier alpha value is -1.66. The van der Waals surface area contributed by atoms with Crippen molar-refractivity contribution < 1.29 is 0 Å². The molecule has 5 nitrogen and oxygen atoms in total. The minimum absolute atomic E-state index is 0.474. The quantitative estimate of drug-likeness (QED) is 0.579. The van der Waals surface area contributed by atoms with Crippen LogP contribution in [0, 0.1) is 13.8 Å². The van der Waals surface area contributed by atoms with Gasteiger partial charge in [0.1, 0.15) is 17.5 Å². The molecule has 3 rings (SSSR count). The van der Waals surface area contributed by atoms with Gasteiger partial charge in [-0.1, -0.05) is 22.0 Å². The summed E-state index contributed by atoms with van der Waals surface area (Å²) in [6.07, 6.45) is 2.31. The molecule has 1 fully saturated rings. The summed E-state index contributed by atoms with van der Waals surface area (Å²) >= 11 is 3.50. The summed E-state index contributed by atoms with van der Waals surface area (Å²) in [5, 5.41) is 3.40. The van der Waals surface area contributed by atoms with Crippen molar-refractivity contribution in [3.05, 3.63) is 39.6 Å². The molecule has 2 aromatic rings. The van der Waals surface area contributed by atoms with Crippen LogP contribution in [0.3, 0.4) is 0 Å². The number of rotatable bonds is 4. The number of nitrogens with zero attached hydrogens (tertiary/aromatic N) is 2. The van der Waals surface area contributed by atoms with Gasteiger partial charge >= 0.3 is 0 Å². The van der Waals surface area contributed by atoms with E-state index >= 15 is 0 Å². The SMILES string of the molecule is Cc1ccc(Br)cc1Nc1nc(C2CC2)nc(NN)c1C. The van der Waals surface area contributed by atoms with E-state index in [4.69, 9.17) is 5.84 Å². The molecule has 110 valence electrons. The number of benzene rings is 1. The molecule has 1 aliphatic carbocycles. The molecular formula is C15H18BrN5. The van der Waals surface area contributed by atoms with Crippen LogP contribution in [0.15, 0.2) is 22.7 Å². The van der Waals surface area contributed by atoms with Crippen LogP contribution in [-0.2, 0) is 0 Å². The lowest BCUT2D eigenvalue weighted by atomic mass is 10.2. The number of nitrogen functional groups attached to an aromatic ring is 1. The predicted molar refractivity (Wildman–Crippen MR) is 88.7 cm³/mol. The Morgan fingerprint density at radius 1 is 1.19 bits per heavy atom. The van der Waals surface area contributed by atoms with Crippen LogP contribution in [0.2, 0.25) is 0 Å². The summed E-state index contributed by atoms with van der Waals surface area (Å²) in [6.45, 7) is 4.02. The molecule has 1 saturated carbocycles. The number of aryl methyl sites for hydroxylation is 1. The largest absolute Gasteiger partial charge is 0.340 e. The Kier molecular flexibility index (Phi) is 3.82. The Labute approximate surface area is 132 Å². The monoisotopic (exact) mass is 347 g/mol. The first kappa shape index (κ1) is 14.3. The minimum atomic E-state index is 0.474. The third-order valence-corrected chi connectivity index (χ3v) is 4.19. The molecule has 1 aliphatic rings. The Morgan fingerprint density at radius 3 is 2.57 bits per heavy atom. The van der Waals surface area contributed by atoms with Gasteiger partial charge in [-0.3, -0.25) is 0 Å². The topological polar surface area (TPSA) is 75.9 Å². The van der Waals surface area contributed by atoms with Gasteiger partial charge in [-0.15, -0.1) is 0 Å². The van der Waals surface area contributed by atoms with Crippen LogP contribution >= 0.6 is 15.9 Å². The molecule has 0 amide bonds. The van der Waals surface area contributed by atoms with Gasteiger partial charge in [0.2, 0.25) is 0 Å². The molecule has 0 aliphatic heterocycles. The van der Waals surface area contributed by atoms with E-state index in [9.17, 15) is 0 Å². The molecule has 1 aromatic carbocycles. The van der Waals surface area contributed by atoms with Crippen LogP contribution in [0.4, 0.5) is 17.3 Å². The highest BCUT2D eigenvalue weighted by Crippen LogP contribution is 2.40. The first-order valence-electron chi connectivity index (χ1n) is 6.97. The maximum Gasteiger partial charge on any atom is 0.148 e. The van der Waals surface area contributed by atoms with Crippen LogP contribution in [0.1, 0.15) is 35.7 Å². The molecule has 0 unspecified atom stereocenters. The van der Waals surface area contributed by atoms with Gasteiger partial charge in [0.05, 0.1) is 0 Å². The number of hydrogen-bond donors (Lipinski definition) is 3. The standard InChI is InChI=1S/C15H18BrN5/c1-8-3-6-11(16)7-12(8)18-13-9(2)14(21-17)20-15(19-13)10-4-5-10/h3,6-7,10H,4-5,17H2,1-2H3,(H2,18,19,20,21). The lowest BCUT2D eigenvalue weighted by Crippen LogP contribution is -2.14. The Morgan fingerprint density at radius 2 is 1.90 bits per heavy atom. The molecule has 0 bridgehead atoms. The van der Waals surface area contributed by atoms with Crippen molar-refractivity contribution in [3.63, 3.8) is 0 Å². The molecule has 0 atom stereocenters. The lowest BCUT2D eigenvalue weighted by Gasteiger charge is -2.15. The summed E-state index contributed by atoms with van der Waals surface area (Å²) in [6, 6.07) is 6.13. The fourth-order valence-corrected chi connectivity index (χ4v) is 2.54. The first-order chi connectivity index (χ1) is 10.1. The van der Waals surface area contributed by atoms with Crippen molar-refractivity contribution in [2.24, 2.45) is 5.84 Å². The van der Waals surface area contributed by atoms with Crippen molar-refractivity contribution in [1.82, 2.24) is 9.97 Å². The summed E-state index contributed by atoms with van der Waals surface area (Å²) < 4.78 is 1.03. The average Bonchev–Trinajstić information content (AvgIpc) is 3.29. The number of aromatic nitrogens is 2. The smallest absolute Gasteiger partial charge is 0.148 e. The zero-order chi connectivity index (χ0) is 15.0. The van der Waals surface area contributed by atoms with Crippen molar-refractivity contribution in [1.29, 1.82) is 0 Å². The Balaban J connectivity index is 2.00. The normalized spacial score (nSPS) is 14.1. The lowest BCUT2D eigenvalue weighted by molar-refractivity contribution is 0.920. The second-order valence-corrected chi connectivity index (χ2v) is 6.32. The van der Waals surface area contributed by atoms with E-state index in [1.54, 1.807) is 0 Å². The number of hydrazine groups is 1. The third-order valence-electron chi connectivity index (χ3n) is 3.70. The zero-order valence-corrected chi connectivity index (χ0v) is 13.7. The summed E-state index contributed by atoms with van der Waals surface area (Å²) in [7, 11) is 0. The summed E-state index contributed by atoms with van der Waals surface area (Å²) in [5.74, 6) is 8.41. The van der Waals surface area contributed by atoms with E-state index in [1.165, 1.54) is 0 Å². The van der Waals surface area contributed by atoms with E-state index in [-0.39, 0.29) is 0 Å². The van der Waals surface area contributed by atoms with Gasteiger partial charge in [-0.05, 0) is 44.4 Å². The van der Waals surface area contributed by atoms with E-state index < -0.39 is 0 Å². The van der Waals surface area contributed by atoms with Crippen molar-refractivity contribution in [2.45, 2.75) is 32.6 Å². The van der Waals surface area contributed by atoms with Crippen molar-refractivity contribution >= 4 is 33.3 Å². The van der Waals surface area contributed by atoms with Crippen LogP contribution < -0.4 is 16.6 Å². The van der Waals surface area contributed by atoms with Gasteiger partial charge in [0.15, 0.2) is 0 Å². The molecule has 0 spiro atoms. The van der Waals surface area contributed by atoms with Gasteiger partial charge < -0.3 is 10.7 Å². The summed E-state index contributed by atoms with van der Waals surface area (Å²) in [5.41, 5.74) is 5.77. The molecule has 0 saturated heterocycles. The van der Waals surface area contributed by atoms with Gasteiger partial charge in [-0.25, -0.2) is 15.8 Å². The molecular weight excluding hydrogens is 330 g/mol. The number of anilines is 3. The van der Waals surface area contributed by atoms with Gasteiger partial charge in [0, 0.05) is 21.6 Å². The zero-order valence-electron chi connectivity index (χ0n) is 12.1. The number of nitrogens with two attached hydrogens (primary N) is 1. The van der Waals surface area contributed by atoms with E-state index in [0.717, 1.165) is 45.8 Å². The molecule has 1 heterocycles. The highest BCUT2D eigenvalue weighted by molar-refractivity contribution is 9.10. The minimum Gasteiger partial charge on any atom is -0.340 e. The average molecular weight is 348 g/mol. The molecule has 4 N–H and O–H groups in total. The highest BCUT2D eigenvalue weighted by Gasteiger charge is 2.28. The van der Waals surface area contributed by atoms with E-state index in [1.807, 2.05) is 19.1 Å².